The highest BCUT2D eigenvalue weighted by molar-refractivity contribution is 6.05. The molecule has 139 valence electrons. The number of benzene rings is 1. The number of pyridine rings is 1. The van der Waals surface area contributed by atoms with Gasteiger partial charge in [-0.1, -0.05) is 18.2 Å². The van der Waals surface area contributed by atoms with Crippen molar-refractivity contribution in [2.24, 2.45) is 0 Å². The molecule has 0 unspecified atom stereocenters. The molecular formula is C21H27N2O3. The van der Waals surface area contributed by atoms with Crippen LogP contribution in [-0.2, 0) is 9.94 Å². The van der Waals surface area contributed by atoms with Crippen LogP contribution in [0.15, 0.2) is 24.3 Å². The molecule has 1 aromatic heterocycles. The Bertz CT molecular complexity index is 840. The first-order valence-electron chi connectivity index (χ1n) is 9.07. The molecule has 1 fully saturated rings. The van der Waals surface area contributed by atoms with Gasteiger partial charge in [0.2, 0.25) is 0 Å². The monoisotopic (exact) mass is 355 g/mol. The highest BCUT2D eigenvalue weighted by atomic mass is 16.5. The van der Waals surface area contributed by atoms with E-state index < -0.39 is 11.1 Å². The van der Waals surface area contributed by atoms with Crippen molar-refractivity contribution < 1.29 is 14.7 Å². The maximum Gasteiger partial charge on any atom is 0.339 e. The smallest absolute Gasteiger partial charge is 0.339 e. The lowest BCUT2D eigenvalue weighted by molar-refractivity contribution is -0.298. The zero-order valence-corrected chi connectivity index (χ0v) is 16.4. The molecule has 0 atom stereocenters. The second-order valence-electron chi connectivity index (χ2n) is 8.57. The fourth-order valence-corrected chi connectivity index (χ4v) is 4.16. The van der Waals surface area contributed by atoms with E-state index in [0.29, 0.717) is 18.4 Å². The molecule has 5 heteroatoms. The molecule has 0 bridgehead atoms. The minimum Gasteiger partial charge on any atom is -0.459 e. The fraction of sp³-hybridized carbons (Fsp3) is 0.524. The van der Waals surface area contributed by atoms with Gasteiger partial charge in [0.05, 0.1) is 11.1 Å². The maximum atomic E-state index is 13.1. The number of hydrogen-bond acceptors (Lipinski definition) is 4. The van der Waals surface area contributed by atoms with Crippen LogP contribution in [0.3, 0.4) is 0 Å². The van der Waals surface area contributed by atoms with E-state index >= 15 is 0 Å². The highest BCUT2D eigenvalue weighted by Gasteiger charge is 2.47. The SMILES string of the molecule is Cc1nc2ccccc2c(C(=O)OC2CC(C)(C)N([O])C(C)(C)C2)c1C. The lowest BCUT2D eigenvalue weighted by atomic mass is 9.80. The predicted octanol–water partition coefficient (Wildman–Crippen LogP) is 4.38. The van der Waals surface area contributed by atoms with Crippen LogP contribution in [0.1, 0.15) is 62.2 Å². The average Bonchev–Trinajstić information content (AvgIpc) is 2.53. The molecule has 0 spiro atoms. The molecule has 2 heterocycles. The summed E-state index contributed by atoms with van der Waals surface area (Å²) in [5.74, 6) is -0.333. The van der Waals surface area contributed by atoms with Gasteiger partial charge >= 0.3 is 5.97 Å². The molecule has 2 aromatic rings. The van der Waals surface area contributed by atoms with E-state index in [2.05, 4.69) is 4.98 Å². The topological polar surface area (TPSA) is 62.3 Å². The van der Waals surface area contributed by atoms with E-state index in [1.165, 1.54) is 0 Å². The van der Waals surface area contributed by atoms with Crippen LogP contribution < -0.4 is 0 Å². The van der Waals surface area contributed by atoms with E-state index in [-0.39, 0.29) is 12.1 Å². The van der Waals surface area contributed by atoms with Crippen molar-refractivity contribution in [3.8, 4) is 0 Å². The first kappa shape index (κ1) is 18.8. The molecule has 1 aromatic carbocycles. The number of ether oxygens (including phenoxy) is 1. The number of nitrogens with zero attached hydrogens (tertiary/aromatic N) is 2. The van der Waals surface area contributed by atoms with Crippen molar-refractivity contribution in [3.05, 3.63) is 41.1 Å². The zero-order valence-electron chi connectivity index (χ0n) is 16.4. The molecule has 1 saturated heterocycles. The number of fused-ring (bicyclic) bond motifs is 1. The highest BCUT2D eigenvalue weighted by Crippen LogP contribution is 2.38. The quantitative estimate of drug-likeness (QED) is 0.750. The Kier molecular flexibility index (Phi) is 4.57. The largest absolute Gasteiger partial charge is 0.459 e. The minimum absolute atomic E-state index is 0.288. The number of rotatable bonds is 2. The Morgan fingerprint density at radius 2 is 1.69 bits per heavy atom. The van der Waals surface area contributed by atoms with Crippen molar-refractivity contribution in [1.82, 2.24) is 10.0 Å². The second-order valence-corrected chi connectivity index (χ2v) is 8.57. The molecule has 1 radical (unpaired) electrons. The minimum atomic E-state index is -0.571. The molecule has 0 saturated carbocycles. The first-order valence-corrected chi connectivity index (χ1v) is 9.07. The van der Waals surface area contributed by atoms with Gasteiger partial charge < -0.3 is 4.74 Å². The number of carbonyl (C=O) groups is 1. The first-order chi connectivity index (χ1) is 12.0. The molecule has 26 heavy (non-hydrogen) atoms. The van der Waals surface area contributed by atoms with Gasteiger partial charge in [-0.15, -0.1) is 10.3 Å². The normalized spacial score (nSPS) is 20.3. The Labute approximate surface area is 154 Å². The predicted molar refractivity (Wildman–Crippen MR) is 100 cm³/mol. The summed E-state index contributed by atoms with van der Waals surface area (Å²) in [7, 11) is 0. The maximum absolute atomic E-state index is 13.1. The summed E-state index contributed by atoms with van der Waals surface area (Å²) in [6.45, 7) is 11.4. The second kappa shape index (κ2) is 6.32. The Hall–Kier alpha value is -1.98. The van der Waals surface area contributed by atoms with Gasteiger partial charge in [0.1, 0.15) is 6.10 Å². The van der Waals surface area contributed by atoms with Gasteiger partial charge in [-0.25, -0.2) is 4.79 Å². The molecule has 1 aliphatic rings. The Morgan fingerprint density at radius 1 is 1.12 bits per heavy atom. The van der Waals surface area contributed by atoms with Gasteiger partial charge in [0.25, 0.3) is 0 Å². The number of esters is 1. The third-order valence-corrected chi connectivity index (χ3v) is 5.41. The van der Waals surface area contributed by atoms with Crippen LogP contribution in [0.2, 0.25) is 0 Å². The van der Waals surface area contributed by atoms with E-state index in [4.69, 9.17) is 4.74 Å². The summed E-state index contributed by atoms with van der Waals surface area (Å²) >= 11 is 0. The van der Waals surface area contributed by atoms with Crippen molar-refractivity contribution >= 4 is 16.9 Å². The molecule has 3 rings (SSSR count). The number of carbonyl (C=O) groups excluding carboxylic acids is 1. The number of para-hydroxylation sites is 1. The summed E-state index contributed by atoms with van der Waals surface area (Å²) in [4.78, 5) is 17.6. The lowest BCUT2D eigenvalue weighted by Crippen LogP contribution is -2.60. The number of piperidine rings is 1. The van der Waals surface area contributed by atoms with Crippen molar-refractivity contribution in [3.63, 3.8) is 0 Å². The lowest BCUT2D eigenvalue weighted by Gasteiger charge is -2.49. The molecule has 5 nitrogen and oxygen atoms in total. The van der Waals surface area contributed by atoms with Gasteiger partial charge in [-0.2, -0.15) is 0 Å². The van der Waals surface area contributed by atoms with E-state index in [1.54, 1.807) is 0 Å². The molecule has 0 amide bonds. The summed E-state index contributed by atoms with van der Waals surface area (Å²) < 4.78 is 5.91. The fourth-order valence-electron chi connectivity index (χ4n) is 4.16. The number of aryl methyl sites for hydroxylation is 1. The van der Waals surface area contributed by atoms with Gasteiger partial charge in [-0.3, -0.25) is 4.98 Å². The van der Waals surface area contributed by atoms with Crippen LogP contribution in [0, 0.1) is 13.8 Å². The molecule has 0 N–H and O–H groups in total. The average molecular weight is 355 g/mol. The Morgan fingerprint density at radius 3 is 2.31 bits per heavy atom. The molecular weight excluding hydrogens is 328 g/mol. The van der Waals surface area contributed by atoms with Crippen LogP contribution in [-0.4, -0.2) is 33.2 Å². The standard InChI is InChI=1S/C21H27N2O3/c1-13-14(2)22-17-10-8-7-9-16(17)18(13)19(24)26-15-11-20(3,4)23(25)21(5,6)12-15/h7-10,15H,11-12H2,1-6H3. The summed E-state index contributed by atoms with van der Waals surface area (Å²) in [6.07, 6.45) is 0.753. The zero-order chi connectivity index (χ0) is 19.3. The summed E-state index contributed by atoms with van der Waals surface area (Å²) in [6, 6.07) is 7.62. The van der Waals surface area contributed by atoms with Crippen molar-refractivity contribution in [2.75, 3.05) is 0 Å². The Balaban J connectivity index is 1.94. The third kappa shape index (κ3) is 3.21. The van der Waals surface area contributed by atoms with Gasteiger partial charge in [0.15, 0.2) is 0 Å². The number of hydroxylamine groups is 2. The third-order valence-electron chi connectivity index (χ3n) is 5.41. The summed E-state index contributed by atoms with van der Waals surface area (Å²) in [5.41, 5.74) is 1.89. The van der Waals surface area contributed by atoms with E-state index in [1.807, 2.05) is 65.8 Å². The van der Waals surface area contributed by atoms with E-state index in [0.717, 1.165) is 27.2 Å². The van der Waals surface area contributed by atoms with Crippen LogP contribution in [0.5, 0.6) is 0 Å². The van der Waals surface area contributed by atoms with Crippen molar-refractivity contribution in [1.29, 1.82) is 0 Å². The molecule has 0 aliphatic carbocycles. The summed E-state index contributed by atoms with van der Waals surface area (Å²) in [5, 5.41) is 14.5. The molecule has 1 aliphatic heterocycles. The number of hydrogen-bond donors (Lipinski definition) is 0. The van der Waals surface area contributed by atoms with Crippen LogP contribution in [0.4, 0.5) is 0 Å². The van der Waals surface area contributed by atoms with Crippen molar-refractivity contribution in [2.45, 2.75) is 71.6 Å². The van der Waals surface area contributed by atoms with Gasteiger partial charge in [-0.05, 0) is 53.2 Å². The number of aromatic nitrogens is 1. The van der Waals surface area contributed by atoms with Crippen LogP contribution in [0.25, 0.3) is 10.9 Å². The van der Waals surface area contributed by atoms with Gasteiger partial charge in [0, 0.05) is 35.0 Å². The van der Waals surface area contributed by atoms with E-state index in [9.17, 15) is 10.0 Å². The van der Waals surface area contributed by atoms with Crippen LogP contribution >= 0.6 is 0 Å².